The van der Waals surface area contributed by atoms with Gasteiger partial charge in [0.05, 0.1) is 13.7 Å². The molecule has 0 aliphatic rings. The molecular weight excluding hydrogens is 358 g/mol. The van der Waals surface area contributed by atoms with Gasteiger partial charge < -0.3 is 15.4 Å². The molecule has 0 aliphatic heterocycles. The molecule has 3 amide bonds. The minimum atomic E-state index is -0.573. The molecule has 0 saturated heterocycles. The van der Waals surface area contributed by atoms with Gasteiger partial charge in [0.2, 0.25) is 0 Å². The summed E-state index contributed by atoms with van der Waals surface area (Å²) in [6.07, 6.45) is 3.07. The zero-order valence-electron chi connectivity index (χ0n) is 15.4. The summed E-state index contributed by atoms with van der Waals surface area (Å²) in [5.41, 5.74) is 3.17. The van der Waals surface area contributed by atoms with Crippen molar-refractivity contribution in [3.05, 3.63) is 78.1 Å². The number of amides is 3. The topological polar surface area (TPSA) is 97.3 Å². The quantitative estimate of drug-likeness (QED) is 0.611. The van der Waals surface area contributed by atoms with Crippen molar-refractivity contribution in [2.45, 2.75) is 13.1 Å². The second-order valence-corrected chi connectivity index (χ2v) is 6.03. The van der Waals surface area contributed by atoms with E-state index in [0.717, 1.165) is 11.1 Å². The zero-order chi connectivity index (χ0) is 19.8. The maximum Gasteiger partial charge on any atom is 0.411 e. The van der Waals surface area contributed by atoms with E-state index in [1.165, 1.54) is 7.11 Å². The lowest BCUT2D eigenvalue weighted by Crippen LogP contribution is -2.28. The molecule has 1 aromatic heterocycles. The Hall–Kier alpha value is -3.81. The maximum absolute atomic E-state index is 12.2. The molecule has 8 nitrogen and oxygen atoms in total. The molecule has 2 aromatic carbocycles. The van der Waals surface area contributed by atoms with Crippen molar-refractivity contribution in [2.75, 3.05) is 17.7 Å². The Balaban J connectivity index is 1.53. The van der Waals surface area contributed by atoms with Gasteiger partial charge in [-0.1, -0.05) is 30.3 Å². The number of methoxy groups -OCH3 is 1. The van der Waals surface area contributed by atoms with Crippen LogP contribution in [0.25, 0.3) is 0 Å². The molecule has 1 heterocycles. The van der Waals surface area contributed by atoms with Gasteiger partial charge in [-0.2, -0.15) is 5.10 Å². The Morgan fingerprint density at radius 2 is 1.75 bits per heavy atom. The number of nitrogens with one attached hydrogen (secondary N) is 3. The summed E-state index contributed by atoms with van der Waals surface area (Å²) in [6, 6.07) is 16.3. The molecule has 0 fully saturated rings. The van der Waals surface area contributed by atoms with E-state index in [9.17, 15) is 9.59 Å². The van der Waals surface area contributed by atoms with Crippen LogP contribution in [0.1, 0.15) is 11.1 Å². The highest BCUT2D eigenvalue weighted by atomic mass is 16.5. The Bertz CT molecular complexity index is 941. The number of urea groups is 1. The molecule has 3 aromatic rings. The van der Waals surface area contributed by atoms with Crippen LogP contribution in [0, 0.1) is 0 Å². The fourth-order valence-electron chi connectivity index (χ4n) is 2.62. The number of hydrogen-bond donors (Lipinski definition) is 3. The molecule has 28 heavy (non-hydrogen) atoms. The third-order valence-corrected chi connectivity index (χ3v) is 3.90. The van der Waals surface area contributed by atoms with E-state index in [1.807, 2.05) is 41.2 Å². The van der Waals surface area contributed by atoms with Crippen LogP contribution in [-0.4, -0.2) is 29.0 Å². The van der Waals surface area contributed by atoms with Gasteiger partial charge in [-0.25, -0.2) is 9.59 Å². The fraction of sp³-hybridized carbons (Fsp3) is 0.150. The number of carbonyl (C=O) groups is 2. The lowest BCUT2D eigenvalue weighted by molar-refractivity contribution is 0.187. The molecule has 0 aliphatic carbocycles. The monoisotopic (exact) mass is 379 g/mol. The number of nitrogens with zero attached hydrogens (tertiary/aromatic N) is 2. The molecule has 0 unspecified atom stereocenters. The number of hydrogen-bond acceptors (Lipinski definition) is 4. The van der Waals surface area contributed by atoms with Gasteiger partial charge in [0.1, 0.15) is 0 Å². The Morgan fingerprint density at radius 3 is 2.50 bits per heavy atom. The molecule has 144 valence electrons. The molecule has 0 spiro atoms. The van der Waals surface area contributed by atoms with Crippen molar-refractivity contribution in [3.63, 3.8) is 0 Å². The zero-order valence-corrected chi connectivity index (χ0v) is 15.4. The van der Waals surface area contributed by atoms with Crippen LogP contribution in [0.15, 0.2) is 67.0 Å². The summed E-state index contributed by atoms with van der Waals surface area (Å²) < 4.78 is 6.39. The molecule has 8 heteroatoms. The van der Waals surface area contributed by atoms with Gasteiger partial charge in [0, 0.05) is 30.3 Å². The summed E-state index contributed by atoms with van der Waals surface area (Å²) in [7, 11) is 1.29. The van der Waals surface area contributed by atoms with Crippen LogP contribution < -0.4 is 16.0 Å². The minimum absolute atomic E-state index is 0.340. The molecular formula is C20H21N5O3. The third-order valence-electron chi connectivity index (χ3n) is 3.90. The first-order chi connectivity index (χ1) is 13.6. The predicted molar refractivity (Wildman–Crippen MR) is 106 cm³/mol. The normalized spacial score (nSPS) is 10.2. The SMILES string of the molecule is COC(=O)Nc1cccc(NC(=O)NCc2cccc(Cn3cccn3)c2)c1. The first kappa shape index (κ1) is 19.0. The van der Waals surface area contributed by atoms with Crippen LogP contribution in [0.3, 0.4) is 0 Å². The number of rotatable bonds is 6. The van der Waals surface area contributed by atoms with Gasteiger partial charge in [-0.3, -0.25) is 10.00 Å². The lowest BCUT2D eigenvalue weighted by Gasteiger charge is -2.10. The summed E-state index contributed by atoms with van der Waals surface area (Å²) in [5, 5.41) is 12.3. The van der Waals surface area contributed by atoms with Gasteiger partial charge in [0.15, 0.2) is 0 Å². The first-order valence-corrected chi connectivity index (χ1v) is 8.67. The van der Waals surface area contributed by atoms with E-state index in [0.29, 0.717) is 24.5 Å². The molecule has 0 radical (unpaired) electrons. The van der Waals surface area contributed by atoms with Gasteiger partial charge >= 0.3 is 12.1 Å². The Morgan fingerprint density at radius 1 is 1.00 bits per heavy atom. The summed E-state index contributed by atoms with van der Waals surface area (Å²) in [4.78, 5) is 23.4. The van der Waals surface area contributed by atoms with Crippen molar-refractivity contribution >= 4 is 23.5 Å². The van der Waals surface area contributed by atoms with Crippen LogP contribution >= 0.6 is 0 Å². The number of anilines is 2. The average molecular weight is 379 g/mol. The summed E-state index contributed by atoms with van der Waals surface area (Å²) in [5.74, 6) is 0. The third kappa shape index (κ3) is 5.60. The number of ether oxygens (including phenoxy) is 1. The van der Waals surface area contributed by atoms with E-state index in [4.69, 9.17) is 0 Å². The van der Waals surface area contributed by atoms with Crippen molar-refractivity contribution in [2.24, 2.45) is 0 Å². The molecule has 0 saturated carbocycles. The van der Waals surface area contributed by atoms with Crippen LogP contribution in [0.2, 0.25) is 0 Å². The van der Waals surface area contributed by atoms with Crippen molar-refractivity contribution in [3.8, 4) is 0 Å². The standard InChI is InChI=1S/C20H21N5O3/c1-28-20(27)24-18-8-3-7-17(12-18)23-19(26)21-13-15-5-2-6-16(11-15)14-25-10-4-9-22-25/h2-12H,13-14H2,1H3,(H,24,27)(H2,21,23,26). The molecule has 3 N–H and O–H groups in total. The van der Waals surface area contributed by atoms with E-state index >= 15 is 0 Å². The fourth-order valence-corrected chi connectivity index (χ4v) is 2.62. The smallest absolute Gasteiger partial charge is 0.411 e. The molecule has 3 rings (SSSR count). The second-order valence-electron chi connectivity index (χ2n) is 6.03. The highest BCUT2D eigenvalue weighted by Crippen LogP contribution is 2.15. The minimum Gasteiger partial charge on any atom is -0.453 e. The maximum atomic E-state index is 12.2. The predicted octanol–water partition coefficient (Wildman–Crippen LogP) is 3.43. The Labute approximate surface area is 162 Å². The van der Waals surface area contributed by atoms with E-state index in [1.54, 1.807) is 30.5 Å². The number of benzene rings is 2. The Kier molecular flexibility index (Phi) is 6.25. The lowest BCUT2D eigenvalue weighted by atomic mass is 10.1. The molecule has 0 atom stereocenters. The van der Waals surface area contributed by atoms with Crippen molar-refractivity contribution in [1.82, 2.24) is 15.1 Å². The van der Waals surface area contributed by atoms with Crippen molar-refractivity contribution < 1.29 is 14.3 Å². The highest BCUT2D eigenvalue weighted by molar-refractivity contribution is 5.91. The summed E-state index contributed by atoms with van der Waals surface area (Å²) in [6.45, 7) is 1.06. The van der Waals surface area contributed by atoms with Crippen LogP contribution in [0.5, 0.6) is 0 Å². The molecule has 0 bridgehead atoms. The average Bonchev–Trinajstić information content (AvgIpc) is 3.20. The highest BCUT2D eigenvalue weighted by Gasteiger charge is 2.05. The summed E-state index contributed by atoms with van der Waals surface area (Å²) >= 11 is 0. The van der Waals surface area contributed by atoms with Gasteiger partial charge in [-0.15, -0.1) is 0 Å². The second kappa shape index (κ2) is 9.22. The van der Waals surface area contributed by atoms with E-state index < -0.39 is 6.09 Å². The largest absolute Gasteiger partial charge is 0.453 e. The van der Waals surface area contributed by atoms with Crippen LogP contribution in [0.4, 0.5) is 21.0 Å². The number of carbonyl (C=O) groups excluding carboxylic acids is 2. The number of aromatic nitrogens is 2. The first-order valence-electron chi connectivity index (χ1n) is 8.67. The van der Waals surface area contributed by atoms with Crippen LogP contribution in [-0.2, 0) is 17.8 Å². The van der Waals surface area contributed by atoms with Crippen molar-refractivity contribution in [1.29, 1.82) is 0 Å². The van der Waals surface area contributed by atoms with Gasteiger partial charge in [-0.05, 0) is 35.4 Å². The van der Waals surface area contributed by atoms with E-state index in [-0.39, 0.29) is 6.03 Å². The van der Waals surface area contributed by atoms with E-state index in [2.05, 4.69) is 25.8 Å². The van der Waals surface area contributed by atoms with Gasteiger partial charge in [0.25, 0.3) is 0 Å².